The second-order valence-electron chi connectivity index (χ2n) is 3.55. The van der Waals surface area contributed by atoms with Crippen LogP contribution in [0.25, 0.3) is 0 Å². The van der Waals surface area contributed by atoms with Crippen LogP contribution in [-0.2, 0) is 0 Å². The predicted octanol–water partition coefficient (Wildman–Crippen LogP) is 3.27. The van der Waals surface area contributed by atoms with Crippen molar-refractivity contribution in [2.45, 2.75) is 19.5 Å². The van der Waals surface area contributed by atoms with Gasteiger partial charge in [0.2, 0.25) is 0 Å². The Balaban J connectivity index is 2.64. The molecule has 0 unspecified atom stereocenters. The fourth-order valence-electron chi connectivity index (χ4n) is 1.30. The molecule has 1 aromatic carbocycles. The first-order chi connectivity index (χ1) is 7.79. The summed E-state index contributed by atoms with van der Waals surface area (Å²) < 4.78 is 35.7. The third kappa shape index (κ3) is 4.29. The minimum Gasteiger partial charge on any atom is -0.384 e. The van der Waals surface area contributed by atoms with E-state index in [9.17, 15) is 23.3 Å². The highest BCUT2D eigenvalue weighted by atomic mass is 19.4. The maximum Gasteiger partial charge on any atom is 0.390 e. The van der Waals surface area contributed by atoms with Gasteiger partial charge < -0.3 is 5.32 Å². The highest BCUT2D eigenvalue weighted by Gasteiger charge is 2.26. The minimum absolute atomic E-state index is 0.0797. The van der Waals surface area contributed by atoms with Crippen LogP contribution in [0.4, 0.5) is 24.5 Å². The molecule has 17 heavy (non-hydrogen) atoms. The molecule has 7 heteroatoms. The van der Waals surface area contributed by atoms with Gasteiger partial charge in [-0.3, -0.25) is 10.1 Å². The van der Waals surface area contributed by atoms with Crippen LogP contribution < -0.4 is 5.32 Å². The zero-order valence-corrected chi connectivity index (χ0v) is 9.04. The third-order valence-corrected chi connectivity index (χ3v) is 2.14. The number of aryl methyl sites for hydroxylation is 1. The molecule has 1 N–H and O–H groups in total. The first kappa shape index (κ1) is 13.3. The number of non-ortho nitro benzene ring substituents is 1. The predicted molar refractivity (Wildman–Crippen MR) is 57.0 cm³/mol. The van der Waals surface area contributed by atoms with Gasteiger partial charge in [0.25, 0.3) is 5.69 Å². The molecule has 0 heterocycles. The number of nitro benzene ring substituents is 1. The molecule has 0 atom stereocenters. The van der Waals surface area contributed by atoms with Gasteiger partial charge in [0.05, 0.1) is 11.3 Å². The lowest BCUT2D eigenvalue weighted by molar-refractivity contribution is -0.384. The van der Waals surface area contributed by atoms with E-state index in [2.05, 4.69) is 5.32 Å². The van der Waals surface area contributed by atoms with Crippen LogP contribution in [0.2, 0.25) is 0 Å². The molecule has 0 fully saturated rings. The summed E-state index contributed by atoms with van der Waals surface area (Å²) in [4.78, 5) is 9.90. The summed E-state index contributed by atoms with van der Waals surface area (Å²) in [5, 5.41) is 13.0. The normalized spacial score (nSPS) is 11.3. The lowest BCUT2D eigenvalue weighted by atomic mass is 10.2. The molecule has 94 valence electrons. The molecule has 0 radical (unpaired) electrons. The maximum atomic E-state index is 11.9. The number of anilines is 1. The van der Waals surface area contributed by atoms with Crippen LogP contribution in [-0.4, -0.2) is 17.6 Å². The summed E-state index contributed by atoms with van der Waals surface area (Å²) in [6.07, 6.45) is -5.15. The van der Waals surface area contributed by atoms with Gasteiger partial charge in [-0.15, -0.1) is 0 Å². The molecule has 1 rings (SSSR count). The lowest BCUT2D eigenvalue weighted by Gasteiger charge is -2.10. The van der Waals surface area contributed by atoms with E-state index in [4.69, 9.17) is 0 Å². The van der Waals surface area contributed by atoms with Crippen molar-refractivity contribution in [3.05, 3.63) is 33.9 Å². The number of benzene rings is 1. The van der Waals surface area contributed by atoms with Gasteiger partial charge in [-0.1, -0.05) is 0 Å². The van der Waals surface area contributed by atoms with Crippen molar-refractivity contribution in [2.24, 2.45) is 0 Å². The second-order valence-corrected chi connectivity index (χ2v) is 3.55. The summed E-state index contributed by atoms with van der Waals surface area (Å²) >= 11 is 0. The summed E-state index contributed by atoms with van der Waals surface area (Å²) in [5.74, 6) is 0. The molecule has 4 nitrogen and oxygen atoms in total. The number of hydrogen-bond donors (Lipinski definition) is 1. The molecule has 0 saturated heterocycles. The molecule has 0 amide bonds. The molecule has 0 spiro atoms. The molecule has 0 bridgehead atoms. The molecule has 0 saturated carbocycles. The van der Waals surface area contributed by atoms with Crippen molar-refractivity contribution >= 4 is 11.4 Å². The maximum absolute atomic E-state index is 11.9. The van der Waals surface area contributed by atoms with Crippen molar-refractivity contribution in [3.8, 4) is 0 Å². The van der Waals surface area contributed by atoms with Crippen LogP contribution in [0.15, 0.2) is 18.2 Å². The Morgan fingerprint density at radius 1 is 1.41 bits per heavy atom. The first-order valence-corrected chi connectivity index (χ1v) is 4.85. The topological polar surface area (TPSA) is 55.2 Å². The van der Waals surface area contributed by atoms with Crippen molar-refractivity contribution in [1.29, 1.82) is 0 Å². The monoisotopic (exact) mass is 248 g/mol. The summed E-state index contributed by atoms with van der Waals surface area (Å²) in [7, 11) is 0. The van der Waals surface area contributed by atoms with Gasteiger partial charge >= 0.3 is 6.18 Å². The van der Waals surface area contributed by atoms with Crippen LogP contribution in [0, 0.1) is 17.0 Å². The van der Waals surface area contributed by atoms with Gasteiger partial charge in [0.15, 0.2) is 0 Å². The number of nitrogens with one attached hydrogen (secondary N) is 1. The Kier molecular flexibility index (Phi) is 3.93. The molecule has 0 aromatic heterocycles. The molecular formula is C10H11F3N2O2. The van der Waals surface area contributed by atoms with Gasteiger partial charge in [-0.25, -0.2) is 0 Å². The quantitative estimate of drug-likeness (QED) is 0.657. The number of hydrogen-bond acceptors (Lipinski definition) is 3. The van der Waals surface area contributed by atoms with E-state index >= 15 is 0 Å². The van der Waals surface area contributed by atoms with E-state index in [1.54, 1.807) is 6.92 Å². The van der Waals surface area contributed by atoms with Gasteiger partial charge in [-0.05, 0) is 18.6 Å². The smallest absolute Gasteiger partial charge is 0.384 e. The Hall–Kier alpha value is -1.79. The van der Waals surface area contributed by atoms with Gasteiger partial charge in [0, 0.05) is 24.4 Å². The number of alkyl halides is 3. The zero-order chi connectivity index (χ0) is 13.1. The number of nitrogens with zero attached hydrogens (tertiary/aromatic N) is 1. The second kappa shape index (κ2) is 5.03. The average molecular weight is 248 g/mol. The molecule has 0 aliphatic carbocycles. The van der Waals surface area contributed by atoms with Crippen molar-refractivity contribution < 1.29 is 18.1 Å². The van der Waals surface area contributed by atoms with E-state index < -0.39 is 17.5 Å². The summed E-state index contributed by atoms with van der Waals surface area (Å²) in [6, 6.07) is 3.97. The third-order valence-electron chi connectivity index (χ3n) is 2.14. The number of nitro groups is 1. The molecule has 0 aliphatic heterocycles. The van der Waals surface area contributed by atoms with E-state index in [-0.39, 0.29) is 12.2 Å². The summed E-state index contributed by atoms with van der Waals surface area (Å²) in [5.41, 5.74) is 0.935. The Labute approximate surface area is 95.6 Å². The fraction of sp³-hybridized carbons (Fsp3) is 0.400. The van der Waals surface area contributed by atoms with Crippen LogP contribution in [0.3, 0.4) is 0 Å². The standard InChI is InChI=1S/C10H11F3N2O2/c1-7-6-8(15(16)17)2-3-9(7)14-5-4-10(11,12)13/h2-3,6,14H,4-5H2,1H3. The van der Waals surface area contributed by atoms with E-state index in [0.29, 0.717) is 11.3 Å². The number of halogens is 3. The highest BCUT2D eigenvalue weighted by Crippen LogP contribution is 2.23. The Bertz CT molecular complexity index is 419. The van der Waals surface area contributed by atoms with E-state index in [1.165, 1.54) is 18.2 Å². The van der Waals surface area contributed by atoms with E-state index in [0.717, 1.165) is 0 Å². The fourth-order valence-corrected chi connectivity index (χ4v) is 1.30. The van der Waals surface area contributed by atoms with Crippen molar-refractivity contribution in [3.63, 3.8) is 0 Å². The molecule has 0 aliphatic rings. The lowest BCUT2D eigenvalue weighted by Crippen LogP contribution is -2.15. The number of rotatable bonds is 4. The van der Waals surface area contributed by atoms with Crippen LogP contribution >= 0.6 is 0 Å². The van der Waals surface area contributed by atoms with Crippen molar-refractivity contribution in [2.75, 3.05) is 11.9 Å². The largest absolute Gasteiger partial charge is 0.390 e. The summed E-state index contributed by atoms with van der Waals surface area (Å²) in [6.45, 7) is 1.35. The average Bonchev–Trinajstić information content (AvgIpc) is 2.18. The van der Waals surface area contributed by atoms with E-state index in [1.807, 2.05) is 0 Å². The Morgan fingerprint density at radius 2 is 2.06 bits per heavy atom. The minimum atomic E-state index is -4.21. The molecule has 1 aromatic rings. The zero-order valence-electron chi connectivity index (χ0n) is 9.04. The van der Waals surface area contributed by atoms with Crippen LogP contribution in [0.5, 0.6) is 0 Å². The first-order valence-electron chi connectivity index (χ1n) is 4.85. The highest BCUT2D eigenvalue weighted by molar-refractivity contribution is 5.55. The SMILES string of the molecule is Cc1cc([N+](=O)[O-])ccc1NCCC(F)(F)F. The van der Waals surface area contributed by atoms with Crippen LogP contribution in [0.1, 0.15) is 12.0 Å². The van der Waals surface area contributed by atoms with Gasteiger partial charge in [0.1, 0.15) is 0 Å². The molecular weight excluding hydrogens is 237 g/mol. The Morgan fingerprint density at radius 3 is 2.53 bits per heavy atom. The van der Waals surface area contributed by atoms with Crippen molar-refractivity contribution in [1.82, 2.24) is 0 Å². The van der Waals surface area contributed by atoms with Gasteiger partial charge in [-0.2, -0.15) is 13.2 Å².